The summed E-state index contributed by atoms with van der Waals surface area (Å²) in [5.41, 5.74) is 2.66. The van der Waals surface area contributed by atoms with Crippen molar-refractivity contribution in [3.63, 3.8) is 0 Å². The van der Waals surface area contributed by atoms with E-state index in [1.54, 1.807) is 50.4 Å². The van der Waals surface area contributed by atoms with Crippen molar-refractivity contribution in [2.45, 2.75) is 20.0 Å². The van der Waals surface area contributed by atoms with Crippen LogP contribution in [0, 0.1) is 6.92 Å². The van der Waals surface area contributed by atoms with Crippen LogP contribution in [0.1, 0.15) is 34.6 Å². The maximum atomic E-state index is 12.1. The molecular formula is C15H16N2O2. The number of benzene rings is 1. The Hall–Kier alpha value is -2.20. The van der Waals surface area contributed by atoms with Crippen LogP contribution in [0.3, 0.4) is 0 Å². The van der Waals surface area contributed by atoms with Crippen LogP contribution in [0.5, 0.6) is 0 Å². The highest BCUT2D eigenvalue weighted by molar-refractivity contribution is 6.04. The van der Waals surface area contributed by atoms with Crippen LogP contribution in [0.2, 0.25) is 0 Å². The van der Waals surface area contributed by atoms with Crippen LogP contribution < -0.4 is 5.32 Å². The Labute approximate surface area is 112 Å². The predicted molar refractivity (Wildman–Crippen MR) is 74.0 cm³/mol. The van der Waals surface area contributed by atoms with Crippen molar-refractivity contribution in [3.8, 4) is 0 Å². The summed E-state index contributed by atoms with van der Waals surface area (Å²) in [5.74, 6) is -0.201. The molecule has 1 atom stereocenters. The summed E-state index contributed by atoms with van der Waals surface area (Å²) in [6.07, 6.45) is 1.09. The first-order valence-electron chi connectivity index (χ1n) is 6.09. The average molecular weight is 256 g/mol. The second kappa shape index (κ2) is 5.63. The number of pyridine rings is 1. The summed E-state index contributed by atoms with van der Waals surface area (Å²) in [6, 6.07) is 10.6. The van der Waals surface area contributed by atoms with E-state index in [-0.39, 0.29) is 5.91 Å². The first kappa shape index (κ1) is 13.2. The fraction of sp³-hybridized carbons (Fsp3) is 0.200. The fourth-order valence-electron chi connectivity index (χ4n) is 1.80. The first-order valence-corrected chi connectivity index (χ1v) is 6.09. The van der Waals surface area contributed by atoms with Crippen molar-refractivity contribution >= 4 is 11.6 Å². The Bertz CT molecular complexity index is 594. The van der Waals surface area contributed by atoms with Gasteiger partial charge in [-0.3, -0.25) is 9.78 Å². The van der Waals surface area contributed by atoms with Gasteiger partial charge in [0.05, 0.1) is 11.7 Å². The molecule has 1 unspecified atom stereocenters. The number of nitrogens with zero attached hydrogens (tertiary/aromatic N) is 1. The highest BCUT2D eigenvalue weighted by Crippen LogP contribution is 2.18. The number of aliphatic hydroxyl groups is 1. The minimum Gasteiger partial charge on any atom is -0.389 e. The number of anilines is 1. The van der Waals surface area contributed by atoms with Gasteiger partial charge in [0.1, 0.15) is 0 Å². The standard InChI is InChI=1S/C15H16N2O2/c1-10-14(7-4-8-16-10)15(19)17-13-6-3-5-12(9-13)11(2)18/h3-9,11,18H,1-2H3,(H,17,19). The molecule has 2 N–H and O–H groups in total. The SMILES string of the molecule is Cc1ncccc1C(=O)Nc1cccc(C(C)O)c1. The van der Waals surface area contributed by atoms with Gasteiger partial charge in [-0.1, -0.05) is 12.1 Å². The van der Waals surface area contributed by atoms with E-state index in [1.807, 2.05) is 6.07 Å². The molecule has 0 aliphatic heterocycles. The van der Waals surface area contributed by atoms with E-state index in [9.17, 15) is 9.90 Å². The maximum absolute atomic E-state index is 12.1. The van der Waals surface area contributed by atoms with Crippen LogP contribution in [-0.2, 0) is 0 Å². The van der Waals surface area contributed by atoms with E-state index in [2.05, 4.69) is 10.3 Å². The third-order valence-electron chi connectivity index (χ3n) is 2.88. The third kappa shape index (κ3) is 3.17. The molecule has 0 spiro atoms. The number of carbonyl (C=O) groups is 1. The van der Waals surface area contributed by atoms with E-state index in [0.29, 0.717) is 16.9 Å². The lowest BCUT2D eigenvalue weighted by Gasteiger charge is -2.10. The van der Waals surface area contributed by atoms with Gasteiger partial charge in [0.25, 0.3) is 5.91 Å². The first-order chi connectivity index (χ1) is 9.08. The number of nitrogens with one attached hydrogen (secondary N) is 1. The lowest BCUT2D eigenvalue weighted by molar-refractivity contribution is 0.102. The van der Waals surface area contributed by atoms with Gasteiger partial charge in [-0.15, -0.1) is 0 Å². The number of carbonyl (C=O) groups excluding carboxylic acids is 1. The summed E-state index contributed by atoms with van der Waals surface area (Å²) in [7, 11) is 0. The molecule has 2 aromatic rings. The second-order valence-corrected chi connectivity index (χ2v) is 4.39. The number of aryl methyl sites for hydroxylation is 1. The molecule has 1 aromatic carbocycles. The molecule has 0 fully saturated rings. The van der Waals surface area contributed by atoms with Crippen LogP contribution in [0.15, 0.2) is 42.6 Å². The zero-order chi connectivity index (χ0) is 13.8. The molecule has 0 aliphatic carbocycles. The van der Waals surface area contributed by atoms with Gasteiger partial charge in [-0.2, -0.15) is 0 Å². The molecule has 19 heavy (non-hydrogen) atoms. The van der Waals surface area contributed by atoms with Gasteiger partial charge in [0.2, 0.25) is 0 Å². The minimum absolute atomic E-state index is 0.201. The Morgan fingerprint density at radius 1 is 1.32 bits per heavy atom. The number of rotatable bonds is 3. The summed E-state index contributed by atoms with van der Waals surface area (Å²) in [5, 5.41) is 12.3. The molecule has 0 aliphatic rings. The van der Waals surface area contributed by atoms with Gasteiger partial charge < -0.3 is 10.4 Å². The normalized spacial score (nSPS) is 11.9. The quantitative estimate of drug-likeness (QED) is 0.887. The average Bonchev–Trinajstić information content (AvgIpc) is 2.39. The molecule has 0 bridgehead atoms. The molecule has 4 heteroatoms. The van der Waals surface area contributed by atoms with Gasteiger partial charge >= 0.3 is 0 Å². The summed E-state index contributed by atoms with van der Waals surface area (Å²) in [4.78, 5) is 16.2. The van der Waals surface area contributed by atoms with Crippen molar-refractivity contribution in [2.75, 3.05) is 5.32 Å². The Balaban J connectivity index is 2.20. The van der Waals surface area contributed by atoms with Crippen LogP contribution >= 0.6 is 0 Å². The van der Waals surface area contributed by atoms with Crippen LogP contribution in [0.4, 0.5) is 5.69 Å². The number of hydrogen-bond acceptors (Lipinski definition) is 3. The molecule has 1 aromatic heterocycles. The molecule has 98 valence electrons. The molecule has 0 saturated carbocycles. The molecule has 0 saturated heterocycles. The Morgan fingerprint density at radius 3 is 2.79 bits per heavy atom. The van der Waals surface area contributed by atoms with Crippen molar-refractivity contribution < 1.29 is 9.90 Å². The van der Waals surface area contributed by atoms with E-state index >= 15 is 0 Å². The largest absolute Gasteiger partial charge is 0.389 e. The highest BCUT2D eigenvalue weighted by atomic mass is 16.3. The summed E-state index contributed by atoms with van der Waals surface area (Å²) < 4.78 is 0. The van der Waals surface area contributed by atoms with E-state index in [0.717, 1.165) is 5.56 Å². The van der Waals surface area contributed by atoms with Gasteiger partial charge in [-0.25, -0.2) is 0 Å². The topological polar surface area (TPSA) is 62.2 Å². The molecule has 2 rings (SSSR count). The number of aliphatic hydroxyl groups excluding tert-OH is 1. The second-order valence-electron chi connectivity index (χ2n) is 4.39. The van der Waals surface area contributed by atoms with Crippen molar-refractivity contribution in [1.29, 1.82) is 0 Å². The van der Waals surface area contributed by atoms with Crippen LogP contribution in [-0.4, -0.2) is 16.0 Å². The summed E-state index contributed by atoms with van der Waals surface area (Å²) >= 11 is 0. The van der Waals surface area contributed by atoms with Crippen molar-refractivity contribution in [3.05, 3.63) is 59.4 Å². The van der Waals surface area contributed by atoms with Crippen molar-refractivity contribution in [1.82, 2.24) is 4.98 Å². The molecule has 1 heterocycles. The molecular weight excluding hydrogens is 240 g/mol. The van der Waals surface area contributed by atoms with E-state index in [4.69, 9.17) is 0 Å². The smallest absolute Gasteiger partial charge is 0.257 e. The molecule has 0 radical (unpaired) electrons. The number of amides is 1. The number of hydrogen-bond donors (Lipinski definition) is 2. The van der Waals surface area contributed by atoms with Crippen molar-refractivity contribution in [2.24, 2.45) is 0 Å². The maximum Gasteiger partial charge on any atom is 0.257 e. The molecule has 4 nitrogen and oxygen atoms in total. The lowest BCUT2D eigenvalue weighted by Crippen LogP contribution is -2.14. The zero-order valence-corrected chi connectivity index (χ0v) is 10.9. The van der Waals surface area contributed by atoms with E-state index < -0.39 is 6.10 Å². The zero-order valence-electron chi connectivity index (χ0n) is 10.9. The summed E-state index contributed by atoms with van der Waals surface area (Å²) in [6.45, 7) is 3.48. The molecule has 1 amide bonds. The fourth-order valence-corrected chi connectivity index (χ4v) is 1.80. The van der Waals surface area contributed by atoms with Gasteiger partial charge in [0, 0.05) is 17.6 Å². The third-order valence-corrected chi connectivity index (χ3v) is 2.88. The predicted octanol–water partition coefficient (Wildman–Crippen LogP) is 2.70. The number of aromatic nitrogens is 1. The lowest BCUT2D eigenvalue weighted by atomic mass is 10.1. The Morgan fingerprint density at radius 2 is 2.11 bits per heavy atom. The Kier molecular flexibility index (Phi) is 3.92. The highest BCUT2D eigenvalue weighted by Gasteiger charge is 2.10. The van der Waals surface area contributed by atoms with E-state index in [1.165, 1.54) is 0 Å². The minimum atomic E-state index is -0.558. The van der Waals surface area contributed by atoms with Gasteiger partial charge in [0.15, 0.2) is 0 Å². The monoisotopic (exact) mass is 256 g/mol. The van der Waals surface area contributed by atoms with Crippen LogP contribution in [0.25, 0.3) is 0 Å². The van der Waals surface area contributed by atoms with Gasteiger partial charge in [-0.05, 0) is 43.7 Å².